The Morgan fingerprint density at radius 2 is 1.95 bits per heavy atom. The van der Waals surface area contributed by atoms with E-state index in [0.717, 1.165) is 5.56 Å². The van der Waals surface area contributed by atoms with Crippen molar-refractivity contribution in [2.24, 2.45) is 0 Å². The molecule has 0 unspecified atom stereocenters. The van der Waals surface area contributed by atoms with Crippen molar-refractivity contribution < 1.29 is 4.79 Å². The van der Waals surface area contributed by atoms with E-state index in [9.17, 15) is 4.79 Å². The van der Waals surface area contributed by atoms with E-state index in [4.69, 9.17) is 5.26 Å². The molecule has 0 saturated carbocycles. The van der Waals surface area contributed by atoms with Crippen LogP contribution in [0.2, 0.25) is 0 Å². The summed E-state index contributed by atoms with van der Waals surface area (Å²) in [4.78, 5) is 17.8. The maximum Gasteiger partial charge on any atom is 0.272 e. The van der Waals surface area contributed by atoms with Crippen molar-refractivity contribution in [1.29, 1.82) is 5.26 Å². The second-order valence-corrected chi connectivity index (χ2v) is 4.17. The van der Waals surface area contributed by atoms with Gasteiger partial charge in [-0.1, -0.05) is 36.4 Å². The lowest BCUT2D eigenvalue weighted by Gasteiger charge is -2.16. The van der Waals surface area contributed by atoms with Gasteiger partial charge in [-0.25, -0.2) is 4.98 Å². The largest absolute Gasteiger partial charge is 0.336 e. The first-order valence-electron chi connectivity index (χ1n) is 5.87. The van der Waals surface area contributed by atoms with E-state index in [-0.39, 0.29) is 17.3 Å². The molecule has 1 heterocycles. The zero-order valence-electron chi connectivity index (χ0n) is 10.6. The minimum absolute atomic E-state index is 0.194. The number of nitriles is 1. The van der Waals surface area contributed by atoms with Crippen LogP contribution >= 0.6 is 0 Å². The summed E-state index contributed by atoms with van der Waals surface area (Å²) in [7, 11) is 1.72. The summed E-state index contributed by atoms with van der Waals surface area (Å²) in [5, 5.41) is 8.78. The lowest BCUT2D eigenvalue weighted by molar-refractivity contribution is 0.0779. The number of pyridine rings is 1. The summed E-state index contributed by atoms with van der Waals surface area (Å²) < 4.78 is 0. The van der Waals surface area contributed by atoms with Crippen molar-refractivity contribution in [3.63, 3.8) is 0 Å². The highest BCUT2D eigenvalue weighted by Gasteiger charge is 2.13. The molecule has 0 aliphatic rings. The Bertz CT molecular complexity index is 617. The summed E-state index contributed by atoms with van der Waals surface area (Å²) in [6.45, 7) is 0.512. The number of carbonyl (C=O) groups is 1. The SMILES string of the molecule is CN(Cc1ccccc1)C(=O)c1cccc(C#N)n1. The van der Waals surface area contributed by atoms with E-state index < -0.39 is 0 Å². The van der Waals surface area contributed by atoms with Crippen LogP contribution in [0.25, 0.3) is 0 Å². The molecular weight excluding hydrogens is 238 g/mol. The van der Waals surface area contributed by atoms with Gasteiger partial charge >= 0.3 is 0 Å². The van der Waals surface area contributed by atoms with E-state index in [0.29, 0.717) is 6.54 Å². The Balaban J connectivity index is 2.13. The first-order valence-corrected chi connectivity index (χ1v) is 5.87. The summed E-state index contributed by atoms with van der Waals surface area (Å²) in [5.74, 6) is -0.194. The Morgan fingerprint density at radius 3 is 2.63 bits per heavy atom. The Hall–Kier alpha value is -2.67. The molecule has 0 atom stereocenters. The van der Waals surface area contributed by atoms with Gasteiger partial charge in [0.05, 0.1) is 0 Å². The van der Waals surface area contributed by atoms with Gasteiger partial charge in [0.2, 0.25) is 0 Å². The standard InChI is InChI=1S/C15H13N3O/c1-18(11-12-6-3-2-4-7-12)15(19)14-9-5-8-13(10-16)17-14/h2-9H,11H2,1H3. The molecule has 0 radical (unpaired) electrons. The monoisotopic (exact) mass is 251 g/mol. The Morgan fingerprint density at radius 1 is 1.21 bits per heavy atom. The zero-order valence-corrected chi connectivity index (χ0v) is 10.6. The quantitative estimate of drug-likeness (QED) is 0.840. The van der Waals surface area contributed by atoms with Gasteiger partial charge < -0.3 is 4.90 Å². The highest BCUT2D eigenvalue weighted by Crippen LogP contribution is 2.07. The minimum Gasteiger partial charge on any atom is -0.336 e. The van der Waals surface area contributed by atoms with Gasteiger partial charge in [-0.2, -0.15) is 5.26 Å². The van der Waals surface area contributed by atoms with E-state index in [1.54, 1.807) is 30.1 Å². The fourth-order valence-corrected chi connectivity index (χ4v) is 1.74. The van der Waals surface area contributed by atoms with Crippen LogP contribution in [0, 0.1) is 11.3 Å². The number of rotatable bonds is 3. The highest BCUT2D eigenvalue weighted by molar-refractivity contribution is 5.92. The van der Waals surface area contributed by atoms with Crippen molar-refractivity contribution in [3.05, 3.63) is 65.5 Å². The van der Waals surface area contributed by atoms with Crippen LogP contribution in [0.5, 0.6) is 0 Å². The second-order valence-electron chi connectivity index (χ2n) is 4.17. The van der Waals surface area contributed by atoms with Crippen molar-refractivity contribution >= 4 is 5.91 Å². The highest BCUT2D eigenvalue weighted by atomic mass is 16.2. The minimum atomic E-state index is -0.194. The smallest absolute Gasteiger partial charge is 0.272 e. The van der Waals surface area contributed by atoms with Crippen LogP contribution in [0.15, 0.2) is 48.5 Å². The third-order valence-corrected chi connectivity index (χ3v) is 2.69. The molecule has 0 spiro atoms. The molecule has 1 aromatic heterocycles. The van der Waals surface area contributed by atoms with Gasteiger partial charge in [0, 0.05) is 13.6 Å². The normalized spacial score (nSPS) is 9.68. The number of hydrogen-bond acceptors (Lipinski definition) is 3. The van der Waals surface area contributed by atoms with E-state index in [2.05, 4.69) is 4.98 Å². The third-order valence-electron chi connectivity index (χ3n) is 2.69. The molecule has 1 aromatic carbocycles. The molecule has 0 aliphatic heterocycles. The number of hydrogen-bond donors (Lipinski definition) is 0. The molecule has 94 valence electrons. The van der Waals surface area contributed by atoms with Crippen LogP contribution in [-0.2, 0) is 6.54 Å². The molecular formula is C15H13N3O. The number of aromatic nitrogens is 1. The average Bonchev–Trinajstić information content (AvgIpc) is 2.47. The maximum atomic E-state index is 12.2. The summed E-state index contributed by atoms with van der Waals surface area (Å²) in [6, 6.07) is 16.5. The fourth-order valence-electron chi connectivity index (χ4n) is 1.74. The predicted octanol–water partition coefficient (Wildman–Crippen LogP) is 2.23. The first kappa shape index (κ1) is 12.8. The molecule has 2 rings (SSSR count). The Kier molecular flexibility index (Phi) is 3.89. The molecule has 4 heteroatoms. The van der Waals surface area contributed by atoms with Crippen LogP contribution in [0.1, 0.15) is 21.7 Å². The van der Waals surface area contributed by atoms with E-state index >= 15 is 0 Å². The molecule has 2 aromatic rings. The number of nitrogens with zero attached hydrogens (tertiary/aromatic N) is 3. The lowest BCUT2D eigenvalue weighted by Crippen LogP contribution is -2.27. The first-order chi connectivity index (χ1) is 9.20. The van der Waals surface area contributed by atoms with Crippen LogP contribution in [-0.4, -0.2) is 22.8 Å². The van der Waals surface area contributed by atoms with Crippen LogP contribution in [0.3, 0.4) is 0 Å². The van der Waals surface area contributed by atoms with Crippen molar-refractivity contribution in [1.82, 2.24) is 9.88 Å². The fraction of sp³-hybridized carbons (Fsp3) is 0.133. The number of carbonyl (C=O) groups excluding carboxylic acids is 1. The molecule has 19 heavy (non-hydrogen) atoms. The predicted molar refractivity (Wildman–Crippen MR) is 71.2 cm³/mol. The number of benzene rings is 1. The van der Waals surface area contributed by atoms with Crippen molar-refractivity contribution in [2.45, 2.75) is 6.54 Å². The summed E-state index contributed by atoms with van der Waals surface area (Å²) in [5.41, 5.74) is 1.59. The third kappa shape index (κ3) is 3.17. The van der Waals surface area contributed by atoms with Crippen LogP contribution < -0.4 is 0 Å². The van der Waals surface area contributed by atoms with Crippen molar-refractivity contribution in [3.8, 4) is 6.07 Å². The molecule has 0 aliphatic carbocycles. The molecule has 0 N–H and O–H groups in total. The average molecular weight is 251 g/mol. The van der Waals surface area contributed by atoms with Gasteiger partial charge in [-0.15, -0.1) is 0 Å². The van der Waals surface area contributed by atoms with Gasteiger partial charge in [0.25, 0.3) is 5.91 Å². The van der Waals surface area contributed by atoms with Gasteiger partial charge in [0.1, 0.15) is 17.5 Å². The topological polar surface area (TPSA) is 57.0 Å². The maximum absolute atomic E-state index is 12.2. The summed E-state index contributed by atoms with van der Waals surface area (Å²) in [6.07, 6.45) is 0. The zero-order chi connectivity index (χ0) is 13.7. The molecule has 0 bridgehead atoms. The van der Waals surface area contributed by atoms with Crippen LogP contribution in [0.4, 0.5) is 0 Å². The Labute approximate surface area is 111 Å². The molecule has 0 fully saturated rings. The number of amides is 1. The van der Waals surface area contributed by atoms with Gasteiger partial charge in [0.15, 0.2) is 0 Å². The summed E-state index contributed by atoms with van der Waals surface area (Å²) >= 11 is 0. The second kappa shape index (κ2) is 5.78. The van der Waals surface area contributed by atoms with Gasteiger partial charge in [-0.05, 0) is 17.7 Å². The van der Waals surface area contributed by atoms with E-state index in [1.165, 1.54) is 0 Å². The lowest BCUT2D eigenvalue weighted by atomic mass is 10.2. The molecule has 0 saturated heterocycles. The molecule has 4 nitrogen and oxygen atoms in total. The van der Waals surface area contributed by atoms with Gasteiger partial charge in [-0.3, -0.25) is 4.79 Å². The molecule has 1 amide bonds. The van der Waals surface area contributed by atoms with Crippen molar-refractivity contribution in [2.75, 3.05) is 7.05 Å². The van der Waals surface area contributed by atoms with E-state index in [1.807, 2.05) is 36.4 Å².